The van der Waals surface area contributed by atoms with Crippen molar-refractivity contribution in [1.29, 1.82) is 0 Å². The maximum Gasteiger partial charge on any atom is 0.274 e. The van der Waals surface area contributed by atoms with Gasteiger partial charge < -0.3 is 5.32 Å². The molecule has 0 fully saturated rings. The number of anilines is 1. The predicted octanol–water partition coefficient (Wildman–Crippen LogP) is 5.02. The SMILES string of the molecule is CC(C)C(=O)Cc1ccc(NC(=O)c2nccc3ccccc23)c(Br)c1. The van der Waals surface area contributed by atoms with Crippen LogP contribution in [0.25, 0.3) is 10.8 Å². The molecule has 0 aliphatic carbocycles. The van der Waals surface area contributed by atoms with Gasteiger partial charge >= 0.3 is 0 Å². The molecule has 0 spiro atoms. The number of amides is 1. The quantitative estimate of drug-likeness (QED) is 0.642. The van der Waals surface area contributed by atoms with Crippen LogP contribution < -0.4 is 5.32 Å². The molecular formula is C21H19BrN2O2. The molecule has 132 valence electrons. The molecule has 0 aliphatic heterocycles. The number of aromatic nitrogens is 1. The lowest BCUT2D eigenvalue weighted by Gasteiger charge is -2.11. The van der Waals surface area contributed by atoms with Crippen LogP contribution in [0.5, 0.6) is 0 Å². The molecule has 1 N–H and O–H groups in total. The minimum atomic E-state index is -0.270. The molecule has 0 aliphatic rings. The van der Waals surface area contributed by atoms with Crippen molar-refractivity contribution in [3.63, 3.8) is 0 Å². The molecule has 0 atom stereocenters. The predicted molar refractivity (Wildman–Crippen MR) is 107 cm³/mol. The lowest BCUT2D eigenvalue weighted by molar-refractivity contribution is -0.121. The van der Waals surface area contributed by atoms with Gasteiger partial charge in [0.2, 0.25) is 0 Å². The Bertz CT molecular complexity index is 977. The topological polar surface area (TPSA) is 59.1 Å². The largest absolute Gasteiger partial charge is 0.320 e. The van der Waals surface area contributed by atoms with E-state index in [1.165, 1.54) is 0 Å². The summed E-state index contributed by atoms with van der Waals surface area (Å²) in [7, 11) is 0. The Labute approximate surface area is 160 Å². The number of ketones is 1. The van der Waals surface area contributed by atoms with Crippen LogP contribution in [-0.2, 0) is 11.2 Å². The number of carbonyl (C=O) groups is 2. The zero-order valence-corrected chi connectivity index (χ0v) is 16.2. The van der Waals surface area contributed by atoms with Gasteiger partial charge in [0.15, 0.2) is 0 Å². The minimum Gasteiger partial charge on any atom is -0.320 e. The molecule has 4 nitrogen and oxygen atoms in total. The van der Waals surface area contributed by atoms with Gasteiger partial charge in [0.05, 0.1) is 5.69 Å². The van der Waals surface area contributed by atoms with Gasteiger partial charge in [0.25, 0.3) is 5.91 Å². The Morgan fingerprint density at radius 1 is 1.12 bits per heavy atom. The van der Waals surface area contributed by atoms with E-state index in [-0.39, 0.29) is 17.6 Å². The van der Waals surface area contributed by atoms with Gasteiger partial charge in [-0.1, -0.05) is 44.2 Å². The highest BCUT2D eigenvalue weighted by atomic mass is 79.9. The maximum absolute atomic E-state index is 12.7. The molecule has 3 aromatic rings. The van der Waals surface area contributed by atoms with E-state index < -0.39 is 0 Å². The van der Waals surface area contributed by atoms with Crippen molar-refractivity contribution in [2.45, 2.75) is 20.3 Å². The summed E-state index contributed by atoms with van der Waals surface area (Å²) in [4.78, 5) is 28.8. The first-order chi connectivity index (χ1) is 12.5. The molecule has 0 bridgehead atoms. The van der Waals surface area contributed by atoms with Gasteiger partial charge in [0.1, 0.15) is 11.5 Å². The molecule has 1 heterocycles. The van der Waals surface area contributed by atoms with Crippen molar-refractivity contribution in [3.05, 3.63) is 70.5 Å². The van der Waals surface area contributed by atoms with Gasteiger partial charge in [-0.05, 0) is 45.1 Å². The van der Waals surface area contributed by atoms with E-state index in [4.69, 9.17) is 0 Å². The van der Waals surface area contributed by atoms with Crippen LogP contribution in [0.4, 0.5) is 5.69 Å². The second-order valence-electron chi connectivity index (χ2n) is 6.45. The number of Topliss-reactive ketones (excluding diaryl/α,β-unsaturated/α-hetero) is 1. The highest BCUT2D eigenvalue weighted by Crippen LogP contribution is 2.26. The Morgan fingerprint density at radius 2 is 1.88 bits per heavy atom. The zero-order chi connectivity index (χ0) is 18.7. The number of nitrogens with zero attached hydrogens (tertiary/aromatic N) is 1. The van der Waals surface area contributed by atoms with E-state index in [2.05, 4.69) is 26.2 Å². The summed E-state index contributed by atoms with van der Waals surface area (Å²) in [6.45, 7) is 3.78. The Kier molecular flexibility index (Phi) is 5.47. The summed E-state index contributed by atoms with van der Waals surface area (Å²) < 4.78 is 0.736. The number of halogens is 1. The van der Waals surface area contributed by atoms with Gasteiger partial charge in [-0.2, -0.15) is 0 Å². The fourth-order valence-corrected chi connectivity index (χ4v) is 3.18. The minimum absolute atomic E-state index is 0.00518. The zero-order valence-electron chi connectivity index (χ0n) is 14.6. The van der Waals surface area contributed by atoms with Crippen molar-refractivity contribution >= 4 is 44.1 Å². The molecule has 0 unspecified atom stereocenters. The number of hydrogen-bond donors (Lipinski definition) is 1. The van der Waals surface area contributed by atoms with Crippen molar-refractivity contribution < 1.29 is 9.59 Å². The summed E-state index contributed by atoms with van der Waals surface area (Å²) in [6, 6.07) is 15.0. The van der Waals surface area contributed by atoms with Crippen LogP contribution in [0.2, 0.25) is 0 Å². The molecule has 0 saturated heterocycles. The van der Waals surface area contributed by atoms with E-state index >= 15 is 0 Å². The first kappa shape index (κ1) is 18.3. The van der Waals surface area contributed by atoms with Crippen LogP contribution >= 0.6 is 15.9 Å². The Hall–Kier alpha value is -2.53. The third kappa shape index (κ3) is 3.99. The van der Waals surface area contributed by atoms with Crippen molar-refractivity contribution in [3.8, 4) is 0 Å². The molecule has 5 heteroatoms. The third-order valence-electron chi connectivity index (χ3n) is 4.19. The Morgan fingerprint density at radius 3 is 2.62 bits per heavy atom. The number of carbonyl (C=O) groups excluding carboxylic acids is 2. The Balaban J connectivity index is 1.82. The monoisotopic (exact) mass is 410 g/mol. The van der Waals surface area contributed by atoms with Crippen molar-refractivity contribution in [2.24, 2.45) is 5.92 Å². The first-order valence-corrected chi connectivity index (χ1v) is 9.21. The molecule has 0 saturated carbocycles. The molecule has 1 amide bonds. The summed E-state index contributed by atoms with van der Waals surface area (Å²) >= 11 is 3.48. The van der Waals surface area contributed by atoms with Crippen LogP contribution in [0.1, 0.15) is 29.9 Å². The van der Waals surface area contributed by atoms with Crippen LogP contribution in [0.15, 0.2) is 59.2 Å². The molecule has 26 heavy (non-hydrogen) atoms. The van der Waals surface area contributed by atoms with E-state index in [0.29, 0.717) is 17.8 Å². The molecule has 2 aromatic carbocycles. The van der Waals surface area contributed by atoms with Crippen molar-refractivity contribution in [1.82, 2.24) is 4.98 Å². The summed E-state index contributed by atoms with van der Waals surface area (Å²) in [5, 5.41) is 4.66. The van der Waals surface area contributed by atoms with Gasteiger partial charge in [-0.25, -0.2) is 0 Å². The summed E-state index contributed by atoms with van der Waals surface area (Å²) in [5.41, 5.74) is 1.94. The van der Waals surface area contributed by atoms with Crippen molar-refractivity contribution in [2.75, 3.05) is 5.32 Å². The fraction of sp³-hybridized carbons (Fsp3) is 0.190. The normalized spacial score (nSPS) is 10.9. The number of pyridine rings is 1. The standard InChI is InChI=1S/C21H19BrN2O2/c1-13(2)19(25)12-14-7-8-18(17(22)11-14)24-21(26)20-16-6-4-3-5-15(16)9-10-23-20/h3-11,13H,12H2,1-2H3,(H,24,26). The molecular weight excluding hydrogens is 392 g/mol. The lowest BCUT2D eigenvalue weighted by Crippen LogP contribution is -2.15. The number of rotatable bonds is 5. The van der Waals surface area contributed by atoms with Crippen LogP contribution in [0, 0.1) is 5.92 Å². The van der Waals surface area contributed by atoms with Gasteiger partial charge in [-0.15, -0.1) is 0 Å². The van der Waals surface area contributed by atoms with Crippen LogP contribution in [-0.4, -0.2) is 16.7 Å². The van der Waals surface area contributed by atoms with E-state index in [9.17, 15) is 9.59 Å². The fourth-order valence-electron chi connectivity index (χ4n) is 2.66. The first-order valence-electron chi connectivity index (χ1n) is 8.42. The average Bonchev–Trinajstić information content (AvgIpc) is 2.63. The smallest absolute Gasteiger partial charge is 0.274 e. The number of hydrogen-bond acceptors (Lipinski definition) is 3. The lowest BCUT2D eigenvalue weighted by atomic mass is 10.0. The van der Waals surface area contributed by atoms with Gasteiger partial charge in [-0.3, -0.25) is 14.6 Å². The number of benzene rings is 2. The second-order valence-corrected chi connectivity index (χ2v) is 7.30. The highest BCUT2D eigenvalue weighted by Gasteiger charge is 2.14. The van der Waals surface area contributed by atoms with E-state index in [0.717, 1.165) is 20.8 Å². The average molecular weight is 411 g/mol. The van der Waals surface area contributed by atoms with E-state index in [1.807, 2.05) is 56.3 Å². The highest BCUT2D eigenvalue weighted by molar-refractivity contribution is 9.10. The third-order valence-corrected chi connectivity index (χ3v) is 4.85. The number of nitrogens with one attached hydrogen (secondary N) is 1. The summed E-state index contributed by atoms with van der Waals surface area (Å²) in [6.07, 6.45) is 2.02. The summed E-state index contributed by atoms with van der Waals surface area (Å²) in [5.74, 6) is -0.0762. The maximum atomic E-state index is 12.7. The van der Waals surface area contributed by atoms with E-state index in [1.54, 1.807) is 12.3 Å². The molecule has 1 aromatic heterocycles. The molecule has 0 radical (unpaired) electrons. The second kappa shape index (κ2) is 7.79. The molecule has 3 rings (SSSR count). The number of fused-ring (bicyclic) bond motifs is 1. The van der Waals surface area contributed by atoms with Gasteiger partial charge in [0, 0.05) is 28.4 Å². The van der Waals surface area contributed by atoms with Crippen LogP contribution in [0.3, 0.4) is 0 Å².